The molecule has 3 rings (SSSR count). The van der Waals surface area contributed by atoms with E-state index in [0.717, 1.165) is 10.5 Å². The molecule has 98 valence electrons. The van der Waals surface area contributed by atoms with Crippen molar-refractivity contribution in [3.63, 3.8) is 0 Å². The van der Waals surface area contributed by atoms with E-state index in [1.807, 2.05) is 25.1 Å². The smallest absolute Gasteiger partial charge is 0.0907 e. The van der Waals surface area contributed by atoms with Gasteiger partial charge in [0.2, 0.25) is 0 Å². The van der Waals surface area contributed by atoms with Gasteiger partial charge in [-0.05, 0) is 30.2 Å². The molecular weight excluding hydrogens is 262 g/mol. The molecule has 0 bridgehead atoms. The molecule has 1 nitrogen and oxygen atoms in total. The van der Waals surface area contributed by atoms with Gasteiger partial charge in [0, 0.05) is 0 Å². The molecule has 0 saturated heterocycles. The SMILES string of the molecule is Cc1nc2ccc(/C=C/C=C/c3ccccc3)cc2s1. The first-order valence-electron chi connectivity index (χ1n) is 6.58. The van der Waals surface area contributed by atoms with Gasteiger partial charge in [-0.1, -0.05) is 60.7 Å². The summed E-state index contributed by atoms with van der Waals surface area (Å²) in [5.74, 6) is 0. The lowest BCUT2D eigenvalue weighted by atomic mass is 10.2. The Labute approximate surface area is 122 Å². The van der Waals surface area contributed by atoms with Crippen LogP contribution < -0.4 is 0 Å². The highest BCUT2D eigenvalue weighted by atomic mass is 32.1. The molecule has 2 heteroatoms. The van der Waals surface area contributed by atoms with Crippen LogP contribution in [0.25, 0.3) is 22.4 Å². The Bertz CT molecular complexity index is 766. The zero-order valence-corrected chi connectivity index (χ0v) is 12.1. The molecular formula is C18H15NS. The van der Waals surface area contributed by atoms with Gasteiger partial charge in [-0.2, -0.15) is 0 Å². The number of allylic oxidation sites excluding steroid dienone is 2. The summed E-state index contributed by atoms with van der Waals surface area (Å²) in [5, 5.41) is 1.12. The van der Waals surface area contributed by atoms with E-state index in [2.05, 4.69) is 59.6 Å². The lowest BCUT2D eigenvalue weighted by Crippen LogP contribution is -1.72. The lowest BCUT2D eigenvalue weighted by molar-refractivity contribution is 1.35. The fraction of sp³-hybridized carbons (Fsp3) is 0.0556. The van der Waals surface area contributed by atoms with Crippen molar-refractivity contribution >= 4 is 33.7 Å². The monoisotopic (exact) mass is 277 g/mol. The molecule has 0 aliphatic rings. The Morgan fingerprint density at radius 1 is 0.900 bits per heavy atom. The number of fused-ring (bicyclic) bond motifs is 1. The van der Waals surface area contributed by atoms with Crippen LogP contribution in [-0.4, -0.2) is 4.98 Å². The number of rotatable bonds is 3. The molecule has 0 saturated carbocycles. The van der Waals surface area contributed by atoms with Crippen molar-refractivity contribution in [3.8, 4) is 0 Å². The van der Waals surface area contributed by atoms with E-state index in [1.165, 1.54) is 15.8 Å². The Hall–Kier alpha value is -2.19. The van der Waals surface area contributed by atoms with Crippen molar-refractivity contribution in [1.29, 1.82) is 0 Å². The van der Waals surface area contributed by atoms with Crippen molar-refractivity contribution in [2.24, 2.45) is 0 Å². The molecule has 0 aliphatic carbocycles. The quantitative estimate of drug-likeness (QED) is 0.589. The second-order valence-corrected chi connectivity index (χ2v) is 5.82. The van der Waals surface area contributed by atoms with Crippen LogP contribution >= 0.6 is 11.3 Å². The normalized spacial score (nSPS) is 11.8. The molecule has 2 aromatic carbocycles. The molecule has 0 aliphatic heterocycles. The Morgan fingerprint density at radius 2 is 1.65 bits per heavy atom. The van der Waals surface area contributed by atoms with Gasteiger partial charge in [-0.25, -0.2) is 4.98 Å². The van der Waals surface area contributed by atoms with Crippen molar-refractivity contribution in [1.82, 2.24) is 4.98 Å². The zero-order chi connectivity index (χ0) is 13.8. The molecule has 0 spiro atoms. The third-order valence-corrected chi connectivity index (χ3v) is 3.94. The fourth-order valence-corrected chi connectivity index (χ4v) is 2.93. The maximum absolute atomic E-state index is 4.47. The van der Waals surface area contributed by atoms with Gasteiger partial charge in [0.1, 0.15) is 0 Å². The minimum absolute atomic E-state index is 1.09. The van der Waals surface area contributed by atoms with E-state index in [0.29, 0.717) is 0 Å². The number of aryl methyl sites for hydroxylation is 1. The van der Waals surface area contributed by atoms with Crippen LogP contribution in [0.3, 0.4) is 0 Å². The van der Waals surface area contributed by atoms with Gasteiger partial charge in [0.25, 0.3) is 0 Å². The Morgan fingerprint density at radius 3 is 2.45 bits per heavy atom. The van der Waals surface area contributed by atoms with Crippen molar-refractivity contribution in [3.05, 3.63) is 76.8 Å². The van der Waals surface area contributed by atoms with Crippen LogP contribution in [0.15, 0.2) is 60.7 Å². The summed E-state index contributed by atoms with van der Waals surface area (Å²) in [5.41, 5.74) is 3.51. The predicted molar refractivity (Wildman–Crippen MR) is 88.9 cm³/mol. The highest BCUT2D eigenvalue weighted by molar-refractivity contribution is 7.18. The third kappa shape index (κ3) is 3.03. The topological polar surface area (TPSA) is 12.9 Å². The molecule has 0 atom stereocenters. The van der Waals surface area contributed by atoms with Crippen molar-refractivity contribution < 1.29 is 0 Å². The maximum Gasteiger partial charge on any atom is 0.0907 e. The molecule has 0 amide bonds. The molecule has 1 heterocycles. The van der Waals surface area contributed by atoms with Crippen LogP contribution in [-0.2, 0) is 0 Å². The average molecular weight is 277 g/mol. The molecule has 3 aromatic rings. The van der Waals surface area contributed by atoms with E-state index in [-0.39, 0.29) is 0 Å². The van der Waals surface area contributed by atoms with Crippen LogP contribution in [0.1, 0.15) is 16.1 Å². The van der Waals surface area contributed by atoms with Crippen molar-refractivity contribution in [2.75, 3.05) is 0 Å². The van der Waals surface area contributed by atoms with E-state index < -0.39 is 0 Å². The van der Waals surface area contributed by atoms with Gasteiger partial charge >= 0.3 is 0 Å². The van der Waals surface area contributed by atoms with Gasteiger partial charge in [0.05, 0.1) is 15.2 Å². The van der Waals surface area contributed by atoms with E-state index >= 15 is 0 Å². The largest absolute Gasteiger partial charge is 0.242 e. The first-order chi connectivity index (χ1) is 9.81. The molecule has 0 N–H and O–H groups in total. The molecule has 0 radical (unpaired) electrons. The second kappa shape index (κ2) is 5.85. The van der Waals surface area contributed by atoms with Crippen LogP contribution in [0.4, 0.5) is 0 Å². The first kappa shape index (κ1) is 12.8. The Kier molecular flexibility index (Phi) is 3.75. The number of hydrogen-bond donors (Lipinski definition) is 0. The first-order valence-corrected chi connectivity index (χ1v) is 7.40. The van der Waals surface area contributed by atoms with Crippen LogP contribution in [0.5, 0.6) is 0 Å². The summed E-state index contributed by atoms with van der Waals surface area (Å²) in [6.45, 7) is 2.04. The summed E-state index contributed by atoms with van der Waals surface area (Å²) in [6.07, 6.45) is 8.36. The van der Waals surface area contributed by atoms with Crippen molar-refractivity contribution in [2.45, 2.75) is 6.92 Å². The maximum atomic E-state index is 4.47. The highest BCUT2D eigenvalue weighted by Gasteiger charge is 1.99. The Balaban J connectivity index is 1.75. The van der Waals surface area contributed by atoms with Crippen LogP contribution in [0.2, 0.25) is 0 Å². The lowest BCUT2D eigenvalue weighted by Gasteiger charge is -1.92. The predicted octanol–water partition coefficient (Wildman–Crippen LogP) is 5.33. The highest BCUT2D eigenvalue weighted by Crippen LogP contribution is 2.23. The number of benzene rings is 2. The summed E-state index contributed by atoms with van der Waals surface area (Å²) >= 11 is 1.74. The minimum Gasteiger partial charge on any atom is -0.242 e. The fourth-order valence-electron chi connectivity index (χ4n) is 2.06. The number of aromatic nitrogens is 1. The molecule has 1 aromatic heterocycles. The molecule has 20 heavy (non-hydrogen) atoms. The summed E-state index contributed by atoms with van der Waals surface area (Å²) in [4.78, 5) is 4.47. The molecule has 0 unspecified atom stereocenters. The van der Waals surface area contributed by atoms with E-state index in [9.17, 15) is 0 Å². The summed E-state index contributed by atoms with van der Waals surface area (Å²) in [6, 6.07) is 16.7. The van der Waals surface area contributed by atoms with Gasteiger partial charge in [-0.3, -0.25) is 0 Å². The summed E-state index contributed by atoms with van der Waals surface area (Å²) < 4.78 is 1.25. The average Bonchev–Trinajstić information content (AvgIpc) is 2.84. The minimum atomic E-state index is 1.09. The molecule has 0 fully saturated rings. The second-order valence-electron chi connectivity index (χ2n) is 4.59. The number of hydrogen-bond acceptors (Lipinski definition) is 2. The van der Waals surface area contributed by atoms with E-state index in [1.54, 1.807) is 11.3 Å². The number of thiazole rings is 1. The number of nitrogens with zero attached hydrogens (tertiary/aromatic N) is 1. The summed E-state index contributed by atoms with van der Waals surface area (Å²) in [7, 11) is 0. The standard InChI is InChI=1S/C18H15NS/c1-14-19-17-12-11-16(13-18(17)20-14)10-6-5-9-15-7-3-2-4-8-15/h2-13H,1H3/b9-5+,10-6+. The van der Waals surface area contributed by atoms with Gasteiger partial charge in [0.15, 0.2) is 0 Å². The zero-order valence-electron chi connectivity index (χ0n) is 11.3. The third-order valence-electron chi connectivity index (χ3n) is 3.01. The van der Waals surface area contributed by atoms with Gasteiger partial charge in [-0.15, -0.1) is 11.3 Å². The van der Waals surface area contributed by atoms with Gasteiger partial charge < -0.3 is 0 Å². The van der Waals surface area contributed by atoms with Crippen LogP contribution in [0, 0.1) is 6.92 Å². The van der Waals surface area contributed by atoms with E-state index in [4.69, 9.17) is 0 Å².